The number of hydrogen-bond acceptors (Lipinski definition) is 2. The zero-order chi connectivity index (χ0) is 10.8. The third kappa shape index (κ3) is 1.96. The van der Waals surface area contributed by atoms with Crippen molar-refractivity contribution in [2.24, 2.45) is 7.05 Å². The highest BCUT2D eigenvalue weighted by Gasteiger charge is 2.17. The Labute approximate surface area is 96.5 Å². The van der Waals surface area contributed by atoms with Gasteiger partial charge in [0.15, 0.2) is 0 Å². The lowest BCUT2D eigenvalue weighted by atomic mass is 10.1. The molecule has 15 heavy (non-hydrogen) atoms. The standard InChI is InChI=1S/C11H11BrN2O/c1-14-10(9(12)7-13-14)11(15)8-5-3-2-4-6-8/h2-7,11,15H,1H3/t11-/m0/s1. The lowest BCUT2D eigenvalue weighted by Gasteiger charge is -2.11. The molecule has 0 saturated heterocycles. The summed E-state index contributed by atoms with van der Waals surface area (Å²) >= 11 is 3.37. The quantitative estimate of drug-likeness (QED) is 0.906. The molecular weight excluding hydrogens is 256 g/mol. The summed E-state index contributed by atoms with van der Waals surface area (Å²) in [6.07, 6.45) is 1.04. The van der Waals surface area contributed by atoms with Gasteiger partial charge in [0.1, 0.15) is 6.10 Å². The van der Waals surface area contributed by atoms with Crippen LogP contribution in [0, 0.1) is 0 Å². The summed E-state index contributed by atoms with van der Waals surface area (Å²) in [5.74, 6) is 0. The zero-order valence-corrected chi connectivity index (χ0v) is 9.85. The van der Waals surface area contributed by atoms with Crippen LogP contribution in [0.4, 0.5) is 0 Å². The largest absolute Gasteiger partial charge is 0.382 e. The van der Waals surface area contributed by atoms with Crippen molar-refractivity contribution in [1.29, 1.82) is 0 Å². The molecule has 1 atom stereocenters. The lowest BCUT2D eigenvalue weighted by molar-refractivity contribution is 0.209. The molecule has 0 spiro atoms. The van der Waals surface area contributed by atoms with Gasteiger partial charge in [0.25, 0.3) is 0 Å². The summed E-state index contributed by atoms with van der Waals surface area (Å²) in [6, 6.07) is 9.52. The number of aryl methyl sites for hydroxylation is 1. The molecule has 0 aliphatic heterocycles. The van der Waals surface area contributed by atoms with E-state index in [-0.39, 0.29) is 0 Å². The second kappa shape index (κ2) is 4.16. The van der Waals surface area contributed by atoms with Crippen LogP contribution in [0.5, 0.6) is 0 Å². The number of nitrogens with zero attached hydrogens (tertiary/aromatic N) is 2. The normalized spacial score (nSPS) is 12.7. The molecule has 78 valence electrons. The van der Waals surface area contributed by atoms with Gasteiger partial charge in [0, 0.05) is 7.05 Å². The van der Waals surface area contributed by atoms with Crippen molar-refractivity contribution in [2.75, 3.05) is 0 Å². The van der Waals surface area contributed by atoms with Crippen LogP contribution in [-0.2, 0) is 7.05 Å². The molecule has 0 fully saturated rings. The Kier molecular flexibility index (Phi) is 2.88. The van der Waals surface area contributed by atoms with Gasteiger partial charge in [-0.15, -0.1) is 0 Å². The van der Waals surface area contributed by atoms with E-state index in [0.29, 0.717) is 0 Å². The molecule has 1 aromatic heterocycles. The highest BCUT2D eigenvalue weighted by Crippen LogP contribution is 2.27. The van der Waals surface area contributed by atoms with E-state index < -0.39 is 6.10 Å². The Morgan fingerprint density at radius 3 is 2.53 bits per heavy atom. The van der Waals surface area contributed by atoms with E-state index >= 15 is 0 Å². The van der Waals surface area contributed by atoms with Gasteiger partial charge in [-0.2, -0.15) is 5.10 Å². The fourth-order valence-electron chi connectivity index (χ4n) is 1.52. The summed E-state index contributed by atoms with van der Waals surface area (Å²) in [5.41, 5.74) is 1.63. The number of hydrogen-bond donors (Lipinski definition) is 1. The maximum Gasteiger partial charge on any atom is 0.122 e. The van der Waals surface area contributed by atoms with E-state index in [1.165, 1.54) is 0 Å². The molecule has 0 unspecified atom stereocenters. The lowest BCUT2D eigenvalue weighted by Crippen LogP contribution is -2.07. The monoisotopic (exact) mass is 266 g/mol. The van der Waals surface area contributed by atoms with Gasteiger partial charge in [-0.05, 0) is 21.5 Å². The van der Waals surface area contributed by atoms with Crippen LogP contribution < -0.4 is 0 Å². The molecular formula is C11H11BrN2O. The zero-order valence-electron chi connectivity index (χ0n) is 8.26. The summed E-state index contributed by atoms with van der Waals surface area (Å²) < 4.78 is 2.49. The number of aliphatic hydroxyl groups excluding tert-OH is 1. The Bertz CT molecular complexity index is 433. The van der Waals surface area contributed by atoms with Crippen LogP contribution in [0.2, 0.25) is 0 Å². The predicted molar refractivity (Wildman–Crippen MR) is 61.4 cm³/mol. The van der Waals surface area contributed by atoms with Crippen LogP contribution in [0.25, 0.3) is 0 Å². The highest BCUT2D eigenvalue weighted by molar-refractivity contribution is 9.10. The average molecular weight is 267 g/mol. The summed E-state index contributed by atoms with van der Waals surface area (Å²) in [6.45, 7) is 0. The summed E-state index contributed by atoms with van der Waals surface area (Å²) in [5, 5.41) is 14.2. The first kappa shape index (κ1) is 10.4. The topological polar surface area (TPSA) is 38.0 Å². The number of rotatable bonds is 2. The van der Waals surface area contributed by atoms with E-state index in [9.17, 15) is 5.11 Å². The molecule has 0 bridgehead atoms. The molecule has 1 heterocycles. The van der Waals surface area contributed by atoms with Gasteiger partial charge < -0.3 is 5.11 Å². The van der Waals surface area contributed by atoms with E-state index in [2.05, 4.69) is 21.0 Å². The molecule has 0 amide bonds. The summed E-state index contributed by atoms with van der Waals surface area (Å²) in [7, 11) is 1.81. The molecule has 1 aromatic carbocycles. The third-order valence-corrected chi connectivity index (χ3v) is 2.92. The molecule has 0 aliphatic carbocycles. The van der Waals surface area contributed by atoms with Gasteiger partial charge in [0.05, 0.1) is 16.4 Å². The Hall–Kier alpha value is -1.13. The SMILES string of the molecule is Cn1ncc(Br)c1[C@@H](O)c1ccccc1. The fraction of sp³-hybridized carbons (Fsp3) is 0.182. The fourth-order valence-corrected chi connectivity index (χ4v) is 2.09. The van der Waals surface area contributed by atoms with Gasteiger partial charge >= 0.3 is 0 Å². The van der Waals surface area contributed by atoms with E-state index in [0.717, 1.165) is 15.7 Å². The van der Waals surface area contributed by atoms with Crippen molar-refractivity contribution in [3.05, 3.63) is 52.3 Å². The van der Waals surface area contributed by atoms with Gasteiger partial charge in [0.2, 0.25) is 0 Å². The third-order valence-electron chi connectivity index (χ3n) is 2.31. The minimum Gasteiger partial charge on any atom is -0.382 e. The van der Waals surface area contributed by atoms with Crippen LogP contribution in [0.1, 0.15) is 17.4 Å². The van der Waals surface area contributed by atoms with E-state index in [4.69, 9.17) is 0 Å². The smallest absolute Gasteiger partial charge is 0.122 e. The van der Waals surface area contributed by atoms with Crippen LogP contribution in [0.3, 0.4) is 0 Å². The second-order valence-electron chi connectivity index (χ2n) is 3.31. The maximum atomic E-state index is 10.2. The average Bonchev–Trinajstić information content (AvgIpc) is 2.59. The molecule has 3 nitrogen and oxygen atoms in total. The molecule has 4 heteroatoms. The van der Waals surface area contributed by atoms with Crippen molar-refractivity contribution in [1.82, 2.24) is 9.78 Å². The van der Waals surface area contributed by atoms with E-state index in [1.54, 1.807) is 10.9 Å². The molecule has 2 rings (SSSR count). The van der Waals surface area contributed by atoms with Crippen LogP contribution >= 0.6 is 15.9 Å². The second-order valence-corrected chi connectivity index (χ2v) is 4.17. The van der Waals surface area contributed by atoms with Crippen LogP contribution in [0.15, 0.2) is 41.0 Å². The molecule has 0 aliphatic rings. The Balaban J connectivity index is 2.41. The number of benzene rings is 1. The van der Waals surface area contributed by atoms with Crippen LogP contribution in [-0.4, -0.2) is 14.9 Å². The Morgan fingerprint density at radius 2 is 2.00 bits per heavy atom. The van der Waals surface area contributed by atoms with Gasteiger partial charge in [-0.1, -0.05) is 30.3 Å². The van der Waals surface area contributed by atoms with Gasteiger partial charge in [-0.25, -0.2) is 0 Å². The van der Waals surface area contributed by atoms with Crippen molar-refractivity contribution in [3.63, 3.8) is 0 Å². The van der Waals surface area contributed by atoms with E-state index in [1.807, 2.05) is 37.4 Å². The molecule has 0 radical (unpaired) electrons. The molecule has 2 aromatic rings. The number of aromatic nitrogens is 2. The van der Waals surface area contributed by atoms with Crippen molar-refractivity contribution < 1.29 is 5.11 Å². The predicted octanol–water partition coefficient (Wildman–Crippen LogP) is 2.26. The minimum absolute atomic E-state index is 0.645. The number of halogens is 1. The van der Waals surface area contributed by atoms with Crippen molar-refractivity contribution in [3.8, 4) is 0 Å². The van der Waals surface area contributed by atoms with Crippen molar-refractivity contribution >= 4 is 15.9 Å². The van der Waals surface area contributed by atoms with Gasteiger partial charge in [-0.3, -0.25) is 4.68 Å². The maximum absolute atomic E-state index is 10.2. The number of aliphatic hydroxyl groups is 1. The summed E-state index contributed by atoms with van der Waals surface area (Å²) in [4.78, 5) is 0. The molecule has 1 N–H and O–H groups in total. The highest BCUT2D eigenvalue weighted by atomic mass is 79.9. The Morgan fingerprint density at radius 1 is 1.33 bits per heavy atom. The molecule has 0 saturated carbocycles. The first-order valence-corrected chi connectivity index (χ1v) is 5.40. The van der Waals surface area contributed by atoms with Crippen molar-refractivity contribution in [2.45, 2.75) is 6.10 Å². The first-order chi connectivity index (χ1) is 7.20. The first-order valence-electron chi connectivity index (χ1n) is 4.60. The minimum atomic E-state index is -0.645.